The molecule has 1 amide bonds. The van der Waals surface area contributed by atoms with E-state index in [2.05, 4.69) is 48.5 Å². The molecule has 1 fully saturated rings. The van der Waals surface area contributed by atoms with Gasteiger partial charge in [0.05, 0.1) is 0 Å². The highest BCUT2D eigenvalue weighted by atomic mass is 16.2. The summed E-state index contributed by atoms with van der Waals surface area (Å²) in [6.45, 7) is 8.73. The second-order valence-electron chi connectivity index (χ2n) is 7.55. The number of nitrogens with one attached hydrogen (secondary N) is 1. The molecule has 0 radical (unpaired) electrons. The van der Waals surface area contributed by atoms with Gasteiger partial charge in [-0.3, -0.25) is 9.48 Å². The van der Waals surface area contributed by atoms with Gasteiger partial charge in [0.15, 0.2) is 0 Å². The van der Waals surface area contributed by atoms with Crippen LogP contribution in [0.2, 0.25) is 0 Å². The van der Waals surface area contributed by atoms with E-state index in [9.17, 15) is 4.79 Å². The molecule has 1 aromatic heterocycles. The van der Waals surface area contributed by atoms with Crippen LogP contribution < -0.4 is 5.32 Å². The summed E-state index contributed by atoms with van der Waals surface area (Å²) in [4.78, 5) is 14.6. The number of likely N-dealkylation sites (tertiary alicyclic amines) is 1. The van der Waals surface area contributed by atoms with Crippen molar-refractivity contribution in [1.82, 2.24) is 14.7 Å². The second-order valence-corrected chi connectivity index (χ2v) is 7.55. The molecule has 2 aromatic rings. The quantitative estimate of drug-likeness (QED) is 0.858. The smallest absolute Gasteiger partial charge is 0.224 e. The van der Waals surface area contributed by atoms with Crippen molar-refractivity contribution in [3.63, 3.8) is 0 Å². The van der Waals surface area contributed by atoms with E-state index < -0.39 is 0 Å². The summed E-state index contributed by atoms with van der Waals surface area (Å²) in [6.07, 6.45) is 4.45. The first-order chi connectivity index (χ1) is 12.5. The lowest BCUT2D eigenvalue weighted by atomic mass is 10.0. The van der Waals surface area contributed by atoms with Gasteiger partial charge < -0.3 is 10.2 Å². The predicted octanol–water partition coefficient (Wildman–Crippen LogP) is 3.81. The third kappa shape index (κ3) is 4.65. The number of hydrogen-bond acceptors (Lipinski definition) is 3. The summed E-state index contributed by atoms with van der Waals surface area (Å²) in [7, 11) is 0. The Morgan fingerprint density at radius 3 is 2.69 bits per heavy atom. The number of amides is 1. The number of anilines is 1. The van der Waals surface area contributed by atoms with Gasteiger partial charge in [0.2, 0.25) is 5.91 Å². The van der Waals surface area contributed by atoms with Crippen molar-refractivity contribution < 1.29 is 4.79 Å². The minimum Gasteiger partial charge on any atom is -0.381 e. The summed E-state index contributed by atoms with van der Waals surface area (Å²) in [5.41, 5.74) is 3.59. The monoisotopic (exact) mass is 354 g/mol. The van der Waals surface area contributed by atoms with E-state index in [0.29, 0.717) is 24.9 Å². The van der Waals surface area contributed by atoms with Crippen molar-refractivity contribution in [3.05, 3.63) is 47.8 Å². The maximum absolute atomic E-state index is 12.6. The van der Waals surface area contributed by atoms with E-state index >= 15 is 0 Å². The summed E-state index contributed by atoms with van der Waals surface area (Å²) < 4.78 is 1.90. The van der Waals surface area contributed by atoms with Gasteiger partial charge in [-0.05, 0) is 49.4 Å². The minimum atomic E-state index is 0.224. The molecule has 1 aliphatic rings. The van der Waals surface area contributed by atoms with Crippen LogP contribution in [0, 0.1) is 6.92 Å². The van der Waals surface area contributed by atoms with Crippen LogP contribution in [0.3, 0.4) is 0 Å². The lowest BCUT2D eigenvalue weighted by Gasteiger charge is -2.34. The molecule has 0 bridgehead atoms. The Morgan fingerprint density at radius 2 is 2.04 bits per heavy atom. The lowest BCUT2D eigenvalue weighted by Crippen LogP contribution is -2.45. The Hall–Kier alpha value is -2.30. The number of hydrogen-bond donors (Lipinski definition) is 1. The molecule has 1 atom stereocenters. The van der Waals surface area contributed by atoms with Gasteiger partial charge in [0, 0.05) is 49.7 Å². The number of piperidine rings is 1. The van der Waals surface area contributed by atoms with Crippen molar-refractivity contribution in [2.75, 3.05) is 18.4 Å². The fraction of sp³-hybridized carbons (Fsp3) is 0.524. The molecule has 1 aliphatic heterocycles. The average molecular weight is 354 g/mol. The topological polar surface area (TPSA) is 50.2 Å². The van der Waals surface area contributed by atoms with Gasteiger partial charge in [0.1, 0.15) is 0 Å². The van der Waals surface area contributed by atoms with Crippen LogP contribution in [-0.4, -0.2) is 39.7 Å². The maximum Gasteiger partial charge on any atom is 0.224 e. The average Bonchev–Trinajstić information content (AvgIpc) is 3.05. The third-order valence-corrected chi connectivity index (χ3v) is 5.19. The van der Waals surface area contributed by atoms with Gasteiger partial charge in [-0.2, -0.15) is 5.10 Å². The van der Waals surface area contributed by atoms with Gasteiger partial charge in [-0.25, -0.2) is 0 Å². The summed E-state index contributed by atoms with van der Waals surface area (Å²) in [6, 6.07) is 11.0. The van der Waals surface area contributed by atoms with Gasteiger partial charge in [-0.15, -0.1) is 0 Å². The molecular formula is C21H30N4O. The SMILES string of the molecule is Cc1ccnn1CCC(=O)N1CCCC(Nc2ccc(C(C)C)cc2)C1. The van der Waals surface area contributed by atoms with Crippen LogP contribution in [0.25, 0.3) is 0 Å². The number of aryl methyl sites for hydroxylation is 2. The normalized spacial score (nSPS) is 17.5. The zero-order valence-corrected chi connectivity index (χ0v) is 16.1. The third-order valence-electron chi connectivity index (χ3n) is 5.19. The Labute approximate surface area is 156 Å². The van der Waals surface area contributed by atoms with Crippen molar-refractivity contribution in [3.8, 4) is 0 Å². The number of benzene rings is 1. The van der Waals surface area contributed by atoms with Crippen LogP contribution in [0.4, 0.5) is 5.69 Å². The van der Waals surface area contributed by atoms with Crippen LogP contribution in [0.5, 0.6) is 0 Å². The molecule has 1 saturated heterocycles. The van der Waals surface area contributed by atoms with E-state index in [0.717, 1.165) is 37.3 Å². The highest BCUT2D eigenvalue weighted by molar-refractivity contribution is 5.76. The largest absolute Gasteiger partial charge is 0.381 e. The van der Waals surface area contributed by atoms with Crippen LogP contribution in [-0.2, 0) is 11.3 Å². The molecule has 2 heterocycles. The first-order valence-electron chi connectivity index (χ1n) is 9.65. The fourth-order valence-electron chi connectivity index (χ4n) is 3.51. The Morgan fingerprint density at radius 1 is 1.27 bits per heavy atom. The molecule has 140 valence electrons. The zero-order chi connectivity index (χ0) is 18.5. The maximum atomic E-state index is 12.6. The number of nitrogens with zero attached hydrogens (tertiary/aromatic N) is 3. The number of carbonyl (C=O) groups excluding carboxylic acids is 1. The highest BCUT2D eigenvalue weighted by Gasteiger charge is 2.23. The summed E-state index contributed by atoms with van der Waals surface area (Å²) in [5.74, 6) is 0.770. The molecule has 3 rings (SSSR count). The van der Waals surface area contributed by atoms with Crippen LogP contribution in [0.15, 0.2) is 36.5 Å². The molecular weight excluding hydrogens is 324 g/mol. The Kier molecular flexibility index (Phi) is 5.96. The second kappa shape index (κ2) is 8.39. The zero-order valence-electron chi connectivity index (χ0n) is 16.1. The molecule has 0 spiro atoms. The van der Waals surface area contributed by atoms with Gasteiger partial charge in [0.25, 0.3) is 0 Å². The predicted molar refractivity (Wildman–Crippen MR) is 105 cm³/mol. The van der Waals surface area contributed by atoms with Gasteiger partial charge in [-0.1, -0.05) is 26.0 Å². The Balaban J connectivity index is 1.51. The molecule has 1 N–H and O–H groups in total. The van der Waals surface area contributed by atoms with Crippen molar-refractivity contribution in [2.45, 2.75) is 58.5 Å². The molecule has 5 nitrogen and oxygen atoms in total. The molecule has 0 aliphatic carbocycles. The first-order valence-corrected chi connectivity index (χ1v) is 9.65. The van der Waals surface area contributed by atoms with E-state index in [1.165, 1.54) is 5.56 Å². The summed E-state index contributed by atoms with van der Waals surface area (Å²) >= 11 is 0. The molecule has 1 aromatic carbocycles. The molecule has 5 heteroatoms. The van der Waals surface area contributed by atoms with Gasteiger partial charge >= 0.3 is 0 Å². The molecule has 1 unspecified atom stereocenters. The van der Waals surface area contributed by atoms with E-state index in [1.807, 2.05) is 22.6 Å². The highest BCUT2D eigenvalue weighted by Crippen LogP contribution is 2.20. The Bertz CT molecular complexity index is 720. The van der Waals surface area contributed by atoms with Crippen LogP contribution in [0.1, 0.15) is 50.3 Å². The number of aromatic nitrogens is 2. The van der Waals surface area contributed by atoms with E-state index in [1.54, 1.807) is 6.20 Å². The minimum absolute atomic E-state index is 0.224. The van der Waals surface area contributed by atoms with E-state index in [4.69, 9.17) is 0 Å². The first kappa shape index (κ1) is 18.5. The van der Waals surface area contributed by atoms with Crippen molar-refractivity contribution in [2.24, 2.45) is 0 Å². The number of rotatable bonds is 6. The standard InChI is InChI=1S/C21H30N4O/c1-16(2)18-6-8-19(9-7-18)23-20-5-4-13-24(15-20)21(26)11-14-25-17(3)10-12-22-25/h6-10,12,16,20,23H,4-5,11,13-15H2,1-3H3. The fourth-order valence-corrected chi connectivity index (χ4v) is 3.51. The van der Waals surface area contributed by atoms with E-state index in [-0.39, 0.29) is 5.91 Å². The molecule has 0 saturated carbocycles. The summed E-state index contributed by atoms with van der Waals surface area (Å²) in [5, 5.41) is 7.86. The van der Waals surface area contributed by atoms with Crippen molar-refractivity contribution >= 4 is 11.6 Å². The lowest BCUT2D eigenvalue weighted by molar-refractivity contribution is -0.132. The number of carbonyl (C=O) groups is 1. The van der Waals surface area contributed by atoms with Crippen LogP contribution >= 0.6 is 0 Å². The van der Waals surface area contributed by atoms with Crippen molar-refractivity contribution in [1.29, 1.82) is 0 Å². The molecule has 26 heavy (non-hydrogen) atoms.